The molecule has 2 heterocycles. The van der Waals surface area contributed by atoms with Gasteiger partial charge in [0.05, 0.1) is 18.1 Å². The van der Waals surface area contributed by atoms with E-state index < -0.39 is 0 Å². The van der Waals surface area contributed by atoms with Crippen LogP contribution in [0.25, 0.3) is 5.69 Å². The lowest BCUT2D eigenvalue weighted by Crippen LogP contribution is -2.22. The van der Waals surface area contributed by atoms with Crippen LogP contribution in [-0.2, 0) is 6.42 Å². The number of hydrogen-bond acceptors (Lipinski definition) is 3. The molecule has 4 heteroatoms. The first-order valence-corrected chi connectivity index (χ1v) is 7.22. The number of aromatic nitrogens is 2. The quantitative estimate of drug-likeness (QED) is 0.753. The molecule has 21 heavy (non-hydrogen) atoms. The zero-order valence-corrected chi connectivity index (χ0v) is 12.1. The van der Waals surface area contributed by atoms with Crippen molar-refractivity contribution >= 4 is 0 Å². The van der Waals surface area contributed by atoms with Gasteiger partial charge in [-0.3, -0.25) is 0 Å². The van der Waals surface area contributed by atoms with Gasteiger partial charge in [0, 0.05) is 24.2 Å². The summed E-state index contributed by atoms with van der Waals surface area (Å²) in [6.45, 7) is 3.01. The first-order valence-electron chi connectivity index (χ1n) is 7.22. The third-order valence-electron chi connectivity index (χ3n) is 3.46. The van der Waals surface area contributed by atoms with Crippen molar-refractivity contribution in [3.63, 3.8) is 0 Å². The van der Waals surface area contributed by atoms with Gasteiger partial charge in [0.15, 0.2) is 0 Å². The fourth-order valence-corrected chi connectivity index (χ4v) is 2.42. The molecule has 1 aromatic carbocycles. The predicted octanol–water partition coefficient (Wildman–Crippen LogP) is 3.36. The Bertz CT molecular complexity index is 658. The number of nitrogens with zero attached hydrogens (tertiary/aromatic N) is 2. The molecule has 3 aromatic rings. The van der Waals surface area contributed by atoms with Gasteiger partial charge in [-0.15, -0.1) is 0 Å². The minimum Gasteiger partial charge on any atom is -0.469 e. The average Bonchev–Trinajstić information content (AvgIpc) is 3.19. The van der Waals surface area contributed by atoms with Crippen LogP contribution in [0, 0.1) is 0 Å². The lowest BCUT2D eigenvalue weighted by atomic mass is 10.1. The topological polar surface area (TPSA) is 43.0 Å². The molecule has 0 radical (unpaired) electrons. The molecule has 0 fully saturated rings. The summed E-state index contributed by atoms with van der Waals surface area (Å²) in [5.41, 5.74) is 2.23. The zero-order valence-electron chi connectivity index (χ0n) is 12.1. The molecule has 0 saturated heterocycles. The molecule has 0 amide bonds. The normalized spacial score (nSPS) is 12.4. The number of rotatable bonds is 6. The second-order valence-electron chi connectivity index (χ2n) is 4.95. The Labute approximate surface area is 124 Å². The van der Waals surface area contributed by atoms with E-state index in [1.807, 2.05) is 53.3 Å². The number of benzene rings is 1. The minimum atomic E-state index is 0.207. The van der Waals surface area contributed by atoms with Crippen molar-refractivity contribution < 1.29 is 4.42 Å². The van der Waals surface area contributed by atoms with Crippen LogP contribution in [0.5, 0.6) is 0 Å². The van der Waals surface area contributed by atoms with Crippen LogP contribution in [0.1, 0.15) is 24.3 Å². The largest absolute Gasteiger partial charge is 0.469 e. The van der Waals surface area contributed by atoms with Gasteiger partial charge >= 0.3 is 0 Å². The minimum absolute atomic E-state index is 0.207. The van der Waals surface area contributed by atoms with Crippen molar-refractivity contribution in [1.82, 2.24) is 15.1 Å². The molecule has 1 unspecified atom stereocenters. The van der Waals surface area contributed by atoms with E-state index in [0.29, 0.717) is 0 Å². The molecule has 1 atom stereocenters. The highest BCUT2D eigenvalue weighted by atomic mass is 16.3. The van der Waals surface area contributed by atoms with E-state index in [1.54, 1.807) is 6.26 Å². The summed E-state index contributed by atoms with van der Waals surface area (Å²) < 4.78 is 7.36. The molecule has 1 N–H and O–H groups in total. The Morgan fingerprint density at radius 3 is 2.76 bits per heavy atom. The Morgan fingerprint density at radius 2 is 2.05 bits per heavy atom. The molecule has 4 nitrogen and oxygen atoms in total. The van der Waals surface area contributed by atoms with Crippen molar-refractivity contribution in [2.75, 3.05) is 6.54 Å². The van der Waals surface area contributed by atoms with Crippen LogP contribution in [0.4, 0.5) is 0 Å². The summed E-state index contributed by atoms with van der Waals surface area (Å²) in [5, 5.41) is 7.95. The second-order valence-corrected chi connectivity index (χ2v) is 4.95. The number of hydrogen-bond donors (Lipinski definition) is 1. The van der Waals surface area contributed by atoms with Gasteiger partial charge in [0.25, 0.3) is 0 Å². The van der Waals surface area contributed by atoms with Crippen molar-refractivity contribution in [3.8, 4) is 5.69 Å². The smallest absolute Gasteiger partial charge is 0.105 e. The molecule has 0 aliphatic rings. The van der Waals surface area contributed by atoms with Crippen molar-refractivity contribution in [2.24, 2.45) is 0 Å². The molecule has 108 valence electrons. The highest BCUT2D eigenvalue weighted by Crippen LogP contribution is 2.19. The Balaban J connectivity index is 1.81. The Morgan fingerprint density at radius 1 is 1.19 bits per heavy atom. The van der Waals surface area contributed by atoms with Crippen LogP contribution in [0.15, 0.2) is 65.5 Å². The van der Waals surface area contributed by atoms with E-state index in [1.165, 1.54) is 0 Å². The summed E-state index contributed by atoms with van der Waals surface area (Å²) in [6, 6.07) is 14.3. The number of nitrogens with one attached hydrogen (secondary N) is 1. The third-order valence-corrected chi connectivity index (χ3v) is 3.46. The fourth-order valence-electron chi connectivity index (χ4n) is 2.42. The maximum Gasteiger partial charge on any atom is 0.105 e. The monoisotopic (exact) mass is 281 g/mol. The molecule has 3 rings (SSSR count). The highest BCUT2D eigenvalue weighted by molar-refractivity contribution is 5.31. The lowest BCUT2D eigenvalue weighted by molar-refractivity contribution is 0.455. The fraction of sp³-hybridized carbons (Fsp3) is 0.235. The summed E-state index contributed by atoms with van der Waals surface area (Å²) in [4.78, 5) is 0. The molecule has 0 spiro atoms. The first-order chi connectivity index (χ1) is 10.4. The van der Waals surface area contributed by atoms with Gasteiger partial charge in [0.1, 0.15) is 5.76 Å². The SMILES string of the molecule is CCNC(Cc1ccco1)c1cnn(-c2ccccc2)c1. The van der Waals surface area contributed by atoms with Crippen LogP contribution in [0.3, 0.4) is 0 Å². The Hall–Kier alpha value is -2.33. The average molecular weight is 281 g/mol. The molecular formula is C17H19N3O. The molecule has 0 aliphatic heterocycles. The summed E-state index contributed by atoms with van der Waals surface area (Å²) in [7, 11) is 0. The van der Waals surface area contributed by atoms with E-state index in [-0.39, 0.29) is 6.04 Å². The number of furan rings is 1. The summed E-state index contributed by atoms with van der Waals surface area (Å²) in [6.07, 6.45) is 6.53. The van der Waals surface area contributed by atoms with Gasteiger partial charge in [-0.1, -0.05) is 25.1 Å². The molecule has 0 aliphatic carbocycles. The highest BCUT2D eigenvalue weighted by Gasteiger charge is 2.15. The van der Waals surface area contributed by atoms with E-state index in [0.717, 1.165) is 30.0 Å². The first kappa shape index (κ1) is 13.6. The molecule has 0 saturated carbocycles. The van der Waals surface area contributed by atoms with Crippen molar-refractivity contribution in [2.45, 2.75) is 19.4 Å². The van der Waals surface area contributed by atoms with E-state index >= 15 is 0 Å². The Kier molecular flexibility index (Phi) is 4.17. The van der Waals surface area contributed by atoms with Crippen LogP contribution in [0.2, 0.25) is 0 Å². The number of likely N-dealkylation sites (N-methyl/N-ethyl adjacent to an activating group) is 1. The molecule has 0 bridgehead atoms. The summed E-state index contributed by atoms with van der Waals surface area (Å²) in [5.74, 6) is 0.980. The van der Waals surface area contributed by atoms with Crippen molar-refractivity contribution in [3.05, 3.63) is 72.4 Å². The van der Waals surface area contributed by atoms with Crippen LogP contribution in [-0.4, -0.2) is 16.3 Å². The van der Waals surface area contributed by atoms with E-state index in [4.69, 9.17) is 4.42 Å². The third kappa shape index (κ3) is 3.23. The molecule has 2 aromatic heterocycles. The van der Waals surface area contributed by atoms with Gasteiger partial charge in [-0.05, 0) is 30.8 Å². The van der Waals surface area contributed by atoms with Crippen LogP contribution >= 0.6 is 0 Å². The lowest BCUT2D eigenvalue weighted by Gasteiger charge is -2.14. The van der Waals surface area contributed by atoms with E-state index in [2.05, 4.69) is 23.5 Å². The standard InChI is InChI=1S/C17H19N3O/c1-2-18-17(11-16-9-6-10-21-16)14-12-19-20(13-14)15-7-4-3-5-8-15/h3-10,12-13,17-18H,2,11H2,1H3. The van der Waals surface area contributed by atoms with Gasteiger partial charge in [-0.2, -0.15) is 5.10 Å². The van der Waals surface area contributed by atoms with Gasteiger partial charge < -0.3 is 9.73 Å². The van der Waals surface area contributed by atoms with Gasteiger partial charge in [0.2, 0.25) is 0 Å². The molecular weight excluding hydrogens is 262 g/mol. The maximum absolute atomic E-state index is 5.46. The predicted molar refractivity (Wildman–Crippen MR) is 82.4 cm³/mol. The number of para-hydroxylation sites is 1. The van der Waals surface area contributed by atoms with Gasteiger partial charge in [-0.25, -0.2) is 4.68 Å². The van der Waals surface area contributed by atoms with Crippen LogP contribution < -0.4 is 5.32 Å². The zero-order chi connectivity index (χ0) is 14.5. The van der Waals surface area contributed by atoms with E-state index in [9.17, 15) is 0 Å². The maximum atomic E-state index is 5.46. The second kappa shape index (κ2) is 6.41. The van der Waals surface area contributed by atoms with Crippen molar-refractivity contribution in [1.29, 1.82) is 0 Å². The summed E-state index contributed by atoms with van der Waals surface area (Å²) >= 11 is 0.